The quantitative estimate of drug-likeness (QED) is 0.304. The number of benzene rings is 2. The number of hydrogen-bond donors (Lipinski definition) is 1. The minimum Gasteiger partial charge on any atom is -0.493 e. The first-order valence-electron chi connectivity index (χ1n) is 11.6. The summed E-state index contributed by atoms with van der Waals surface area (Å²) in [4.78, 5) is 21.7. The predicted molar refractivity (Wildman–Crippen MR) is 142 cm³/mol. The number of anilines is 1. The van der Waals surface area contributed by atoms with Gasteiger partial charge in [-0.2, -0.15) is 0 Å². The number of ketones is 1. The molecule has 0 aliphatic heterocycles. The molecule has 0 saturated carbocycles. The van der Waals surface area contributed by atoms with E-state index in [1.54, 1.807) is 6.07 Å². The first-order valence-corrected chi connectivity index (χ1v) is 13.2. The molecule has 8 nitrogen and oxygen atoms in total. The summed E-state index contributed by atoms with van der Waals surface area (Å²) in [5.41, 5.74) is 8.80. The lowest BCUT2D eigenvalue weighted by Gasteiger charge is -2.16. The highest BCUT2D eigenvalue weighted by Gasteiger charge is 2.26. The number of Topliss-reactive ketones (excluding diaryl/α,β-unsaturated/α-hetero) is 1. The molecule has 10 heteroatoms. The lowest BCUT2D eigenvalue weighted by molar-refractivity contribution is 0.101. The molecule has 0 spiro atoms. The Labute approximate surface area is 220 Å². The van der Waals surface area contributed by atoms with Gasteiger partial charge in [0.25, 0.3) is 0 Å². The Bertz CT molecular complexity index is 1630. The zero-order valence-electron chi connectivity index (χ0n) is 21.3. The van der Waals surface area contributed by atoms with Crippen LogP contribution in [0.4, 0.5) is 10.2 Å². The molecule has 4 rings (SSSR count). The lowest BCUT2D eigenvalue weighted by atomic mass is 10.1. The molecule has 0 aliphatic carbocycles. The van der Waals surface area contributed by atoms with Gasteiger partial charge in [0.15, 0.2) is 22.4 Å². The van der Waals surface area contributed by atoms with E-state index in [0.29, 0.717) is 11.3 Å². The Balaban J connectivity index is 1.82. The number of carbonyl (C=O) groups excluding carboxylic acids is 1. The second kappa shape index (κ2) is 10.6. The van der Waals surface area contributed by atoms with Crippen LogP contribution >= 0.6 is 0 Å². The molecule has 2 aromatic carbocycles. The molecule has 38 heavy (non-hydrogen) atoms. The summed E-state index contributed by atoms with van der Waals surface area (Å²) in [6.07, 6.45) is 0. The number of sulfone groups is 1. The summed E-state index contributed by atoms with van der Waals surface area (Å²) in [7, 11) is -2.78. The molecule has 0 unspecified atom stereocenters. The summed E-state index contributed by atoms with van der Waals surface area (Å²) in [5.74, 6) is -1.87. The van der Waals surface area contributed by atoms with Crippen molar-refractivity contribution < 1.29 is 27.1 Å². The fourth-order valence-electron chi connectivity index (χ4n) is 4.15. The van der Waals surface area contributed by atoms with E-state index in [4.69, 9.17) is 15.2 Å². The van der Waals surface area contributed by atoms with Gasteiger partial charge < -0.3 is 15.2 Å². The van der Waals surface area contributed by atoms with Crippen LogP contribution in [0.5, 0.6) is 17.4 Å². The molecule has 0 saturated heterocycles. The summed E-state index contributed by atoms with van der Waals surface area (Å²) in [6.45, 7) is 5.65. The fourth-order valence-corrected chi connectivity index (χ4v) is 5.33. The van der Waals surface area contributed by atoms with Crippen LogP contribution in [-0.2, 0) is 9.84 Å². The number of nitrogen functional groups attached to an aromatic ring is 1. The number of halogens is 1. The van der Waals surface area contributed by atoms with Gasteiger partial charge >= 0.3 is 0 Å². The standard InChI is InChI=1S/C28H26FN3O5S/c1-16-13-17(2)26(18(3)14-16)37-28-20(23(33)15-38(34,35)25-10-6-9-24(30)32-25)11-12-22(31-28)19-7-5-8-21(29)27(19)36-4/h5-14H,15H2,1-4H3,(H2,30,32). The second-order valence-electron chi connectivity index (χ2n) is 8.78. The number of para-hydroxylation sites is 1. The van der Waals surface area contributed by atoms with Gasteiger partial charge in [0.2, 0.25) is 15.7 Å². The zero-order chi connectivity index (χ0) is 27.6. The van der Waals surface area contributed by atoms with Crippen molar-refractivity contribution in [1.82, 2.24) is 9.97 Å². The predicted octanol–water partition coefficient (Wildman–Crippen LogP) is 5.25. The lowest BCUT2D eigenvalue weighted by Crippen LogP contribution is -2.19. The smallest absolute Gasteiger partial charge is 0.230 e. The van der Waals surface area contributed by atoms with Gasteiger partial charge in [-0.25, -0.2) is 22.8 Å². The van der Waals surface area contributed by atoms with E-state index >= 15 is 0 Å². The van der Waals surface area contributed by atoms with Crippen molar-refractivity contribution in [3.8, 4) is 28.6 Å². The van der Waals surface area contributed by atoms with E-state index in [2.05, 4.69) is 9.97 Å². The Morgan fingerprint density at radius 2 is 1.63 bits per heavy atom. The second-order valence-corrected chi connectivity index (χ2v) is 10.7. The van der Waals surface area contributed by atoms with Gasteiger partial charge in [-0.05, 0) is 68.3 Å². The molecule has 0 atom stereocenters. The van der Waals surface area contributed by atoms with Crippen LogP contribution in [-0.4, -0.2) is 37.0 Å². The third kappa shape index (κ3) is 5.50. The number of aryl methyl sites for hydroxylation is 3. The van der Waals surface area contributed by atoms with Crippen molar-refractivity contribution in [1.29, 1.82) is 0 Å². The number of pyridine rings is 2. The molecule has 0 aliphatic rings. The Kier molecular flexibility index (Phi) is 7.45. The minimum atomic E-state index is -4.11. The Morgan fingerprint density at radius 3 is 2.29 bits per heavy atom. The minimum absolute atomic E-state index is 0.0166. The number of carbonyl (C=O) groups is 1. The highest BCUT2D eigenvalue weighted by molar-refractivity contribution is 7.92. The van der Waals surface area contributed by atoms with Crippen LogP contribution in [0.2, 0.25) is 0 Å². The van der Waals surface area contributed by atoms with Gasteiger partial charge in [-0.15, -0.1) is 0 Å². The number of ether oxygens (including phenoxy) is 2. The van der Waals surface area contributed by atoms with Gasteiger partial charge in [-0.3, -0.25) is 4.79 Å². The number of hydrogen-bond acceptors (Lipinski definition) is 8. The number of aromatic nitrogens is 2. The van der Waals surface area contributed by atoms with Crippen molar-refractivity contribution in [2.24, 2.45) is 0 Å². The van der Waals surface area contributed by atoms with Crippen LogP contribution in [0.3, 0.4) is 0 Å². The van der Waals surface area contributed by atoms with E-state index in [9.17, 15) is 17.6 Å². The summed E-state index contributed by atoms with van der Waals surface area (Å²) >= 11 is 0. The van der Waals surface area contributed by atoms with E-state index < -0.39 is 27.2 Å². The van der Waals surface area contributed by atoms with Crippen LogP contribution in [0.15, 0.2) is 65.7 Å². The first kappa shape index (κ1) is 26.7. The summed E-state index contributed by atoms with van der Waals surface area (Å²) < 4.78 is 51.6. The highest BCUT2D eigenvalue weighted by atomic mass is 32.2. The van der Waals surface area contributed by atoms with Crippen LogP contribution in [0.25, 0.3) is 11.3 Å². The summed E-state index contributed by atoms with van der Waals surface area (Å²) in [5, 5.41) is -0.312. The SMILES string of the molecule is COc1c(F)cccc1-c1ccc(C(=O)CS(=O)(=O)c2cccc(N)n2)c(Oc2c(C)cc(C)cc2C)n1. The van der Waals surface area contributed by atoms with E-state index in [1.807, 2.05) is 32.9 Å². The molecule has 2 heterocycles. The molecular weight excluding hydrogens is 509 g/mol. The average Bonchev–Trinajstić information content (AvgIpc) is 2.85. The zero-order valence-corrected chi connectivity index (χ0v) is 22.1. The van der Waals surface area contributed by atoms with Crippen molar-refractivity contribution in [2.45, 2.75) is 25.8 Å². The van der Waals surface area contributed by atoms with Gasteiger partial charge in [0.1, 0.15) is 17.3 Å². The van der Waals surface area contributed by atoms with Crippen molar-refractivity contribution in [3.05, 3.63) is 88.7 Å². The van der Waals surface area contributed by atoms with Crippen molar-refractivity contribution in [3.63, 3.8) is 0 Å². The van der Waals surface area contributed by atoms with Crippen LogP contribution in [0, 0.1) is 26.6 Å². The maximum absolute atomic E-state index is 14.4. The molecule has 0 bridgehead atoms. The van der Waals surface area contributed by atoms with E-state index in [-0.39, 0.29) is 33.7 Å². The first-order chi connectivity index (χ1) is 18.0. The Morgan fingerprint density at radius 1 is 0.947 bits per heavy atom. The average molecular weight is 536 g/mol. The van der Waals surface area contributed by atoms with Gasteiger partial charge in [0.05, 0.1) is 18.4 Å². The maximum Gasteiger partial charge on any atom is 0.230 e. The molecule has 0 fully saturated rings. The van der Waals surface area contributed by atoms with Crippen molar-refractivity contribution in [2.75, 3.05) is 18.6 Å². The highest BCUT2D eigenvalue weighted by Crippen LogP contribution is 2.36. The molecule has 2 N–H and O–H groups in total. The van der Waals surface area contributed by atoms with Gasteiger partial charge in [-0.1, -0.05) is 29.8 Å². The third-order valence-electron chi connectivity index (χ3n) is 5.80. The maximum atomic E-state index is 14.4. The fraction of sp³-hybridized carbons (Fsp3) is 0.179. The Hall–Kier alpha value is -4.31. The summed E-state index contributed by atoms with van der Waals surface area (Å²) in [6, 6.07) is 15.3. The molecule has 0 amide bonds. The van der Waals surface area contributed by atoms with E-state index in [0.717, 1.165) is 16.7 Å². The molecule has 4 aromatic rings. The topological polar surface area (TPSA) is 121 Å². The largest absolute Gasteiger partial charge is 0.493 e. The molecule has 196 valence electrons. The van der Waals surface area contributed by atoms with Crippen molar-refractivity contribution >= 4 is 21.4 Å². The normalized spacial score (nSPS) is 11.3. The molecule has 2 aromatic heterocycles. The number of nitrogens with zero attached hydrogens (tertiary/aromatic N) is 2. The van der Waals surface area contributed by atoms with Gasteiger partial charge in [0, 0.05) is 5.56 Å². The van der Waals surface area contributed by atoms with Crippen LogP contribution < -0.4 is 15.2 Å². The monoisotopic (exact) mass is 535 g/mol. The molecule has 0 radical (unpaired) electrons. The number of methoxy groups -OCH3 is 1. The third-order valence-corrected chi connectivity index (χ3v) is 7.30. The number of rotatable bonds is 8. The van der Waals surface area contributed by atoms with Crippen LogP contribution in [0.1, 0.15) is 27.0 Å². The number of nitrogens with two attached hydrogens (primary N) is 1. The van der Waals surface area contributed by atoms with E-state index in [1.165, 1.54) is 49.6 Å². The molecular formula is C28H26FN3O5S.